The number of hydrogen-bond donors (Lipinski definition) is 2. The predicted molar refractivity (Wildman–Crippen MR) is 91.6 cm³/mol. The van der Waals surface area contributed by atoms with Crippen molar-refractivity contribution >= 4 is 18.3 Å². The second-order valence-electron chi connectivity index (χ2n) is 7.80. The lowest BCUT2D eigenvalue weighted by Crippen LogP contribution is -2.54. The third kappa shape index (κ3) is 3.62. The van der Waals surface area contributed by atoms with Gasteiger partial charge < -0.3 is 5.11 Å². The van der Waals surface area contributed by atoms with E-state index in [-0.39, 0.29) is 15.9 Å². The van der Waals surface area contributed by atoms with E-state index >= 15 is 0 Å². The zero-order valence-corrected chi connectivity index (χ0v) is 15.9. The van der Waals surface area contributed by atoms with Crippen molar-refractivity contribution in [1.29, 1.82) is 0 Å². The highest BCUT2D eigenvalue weighted by Gasteiger charge is 2.41. The highest BCUT2D eigenvalue weighted by atomic mass is 32.2. The van der Waals surface area contributed by atoms with Crippen LogP contribution in [0.25, 0.3) is 0 Å². The minimum absolute atomic E-state index is 0.0931. The molecule has 0 amide bonds. The van der Waals surface area contributed by atoms with Crippen LogP contribution < -0.4 is 4.39 Å². The van der Waals surface area contributed by atoms with Gasteiger partial charge in [0.15, 0.2) is 0 Å². The summed E-state index contributed by atoms with van der Waals surface area (Å²) >= 11 is 0. The normalized spacial score (nSPS) is 18.3. The molecule has 6 heteroatoms. The van der Waals surface area contributed by atoms with Gasteiger partial charge in [0, 0.05) is 5.56 Å². The average molecular weight is 342 g/mol. The largest absolute Gasteiger partial charge is 0.388 e. The second-order valence-corrected chi connectivity index (χ2v) is 14.8. The van der Waals surface area contributed by atoms with Crippen molar-refractivity contribution in [2.45, 2.75) is 62.7 Å². The van der Waals surface area contributed by atoms with Gasteiger partial charge in [-0.25, -0.2) is 12.8 Å². The first-order chi connectivity index (χ1) is 9.96. The summed E-state index contributed by atoms with van der Waals surface area (Å²) in [6.07, 6.45) is 1.24. The van der Waals surface area contributed by atoms with Gasteiger partial charge in [0.25, 0.3) is 0 Å². The topological polar surface area (TPSA) is 66.4 Å². The van der Waals surface area contributed by atoms with Crippen LogP contribution in [-0.4, -0.2) is 21.8 Å². The van der Waals surface area contributed by atoms with Gasteiger partial charge in [-0.2, -0.15) is 0 Å². The summed E-state index contributed by atoms with van der Waals surface area (Å²) in [5.74, 6) is 0.198. The monoisotopic (exact) mass is 341 g/mol. The Morgan fingerprint density at radius 2 is 1.77 bits per heavy atom. The summed E-state index contributed by atoms with van der Waals surface area (Å²) in [4.78, 5) is 0.222. The van der Waals surface area contributed by atoms with Crippen molar-refractivity contribution in [1.82, 2.24) is 4.39 Å². The molecule has 1 aliphatic carbocycles. The van der Waals surface area contributed by atoms with Gasteiger partial charge in [-0.15, -0.1) is 0 Å². The minimum Gasteiger partial charge on any atom is -0.388 e. The molecule has 0 radical (unpaired) electrons. The second kappa shape index (κ2) is 5.74. The number of aliphatic hydroxyl groups excluding tert-OH is 1. The molecule has 22 heavy (non-hydrogen) atoms. The summed E-state index contributed by atoms with van der Waals surface area (Å²) in [6, 6.07) is 6.81. The van der Waals surface area contributed by atoms with Crippen LogP contribution in [0.1, 0.15) is 45.3 Å². The molecule has 0 spiro atoms. The fraction of sp³-hybridized carbons (Fsp3) is 0.625. The van der Waals surface area contributed by atoms with Gasteiger partial charge in [0.1, 0.15) is 8.24 Å². The molecule has 0 aliphatic heterocycles. The standard InChI is InChI=1S/C16H27NO3SSi/c1-16(2,3)22(4,5)17-21(19,20)14-9-7-6-8-13(14)15(18)12-10-11-12/h6-9,12,15,17-18H,10-11H2,1-5H3. The van der Waals surface area contributed by atoms with Gasteiger partial charge in [-0.3, -0.25) is 0 Å². The molecule has 0 heterocycles. The molecule has 0 saturated heterocycles. The molecule has 124 valence electrons. The number of benzene rings is 1. The Labute approximate surface area is 135 Å². The molecule has 1 aromatic carbocycles. The molecule has 0 bridgehead atoms. The van der Waals surface area contributed by atoms with Crippen LogP contribution in [0.3, 0.4) is 0 Å². The number of aliphatic hydroxyl groups is 1. The number of rotatable bonds is 5. The zero-order chi connectivity index (χ0) is 16.8. The molecule has 1 unspecified atom stereocenters. The summed E-state index contributed by atoms with van der Waals surface area (Å²) in [7, 11) is -5.84. The van der Waals surface area contributed by atoms with E-state index in [1.54, 1.807) is 24.3 Å². The molecule has 1 aromatic rings. The first-order valence-corrected chi connectivity index (χ1v) is 12.2. The van der Waals surface area contributed by atoms with Crippen LogP contribution in [0.5, 0.6) is 0 Å². The van der Waals surface area contributed by atoms with Gasteiger partial charge in [0.05, 0.1) is 11.0 Å². The van der Waals surface area contributed by atoms with Gasteiger partial charge in [-0.1, -0.05) is 52.1 Å². The van der Waals surface area contributed by atoms with E-state index in [4.69, 9.17) is 0 Å². The first-order valence-electron chi connectivity index (χ1n) is 7.77. The lowest BCUT2D eigenvalue weighted by Gasteiger charge is -2.37. The molecule has 0 aromatic heterocycles. The Hall–Kier alpha value is -0.693. The maximum absolute atomic E-state index is 12.9. The van der Waals surface area contributed by atoms with Gasteiger partial charge >= 0.3 is 0 Å². The lowest BCUT2D eigenvalue weighted by molar-refractivity contribution is 0.151. The van der Waals surface area contributed by atoms with E-state index in [1.807, 2.05) is 13.1 Å². The molecule has 1 aliphatic rings. The van der Waals surface area contributed by atoms with Crippen LogP contribution in [0.4, 0.5) is 0 Å². The smallest absolute Gasteiger partial charge is 0.235 e. The Bertz CT molecular complexity index is 646. The number of hydrogen-bond acceptors (Lipinski definition) is 3. The Morgan fingerprint density at radius 1 is 1.23 bits per heavy atom. The van der Waals surface area contributed by atoms with Crippen LogP contribution in [0.15, 0.2) is 29.2 Å². The SMILES string of the molecule is CC(C)(C)[Si](C)(C)NS(=O)(=O)c1ccccc1C(O)C1CC1. The van der Waals surface area contributed by atoms with Crippen molar-refractivity contribution in [3.8, 4) is 0 Å². The molecular formula is C16H27NO3SSi. The fourth-order valence-electron chi connectivity index (χ4n) is 2.18. The third-order valence-corrected chi connectivity index (χ3v) is 12.7. The quantitative estimate of drug-likeness (QED) is 0.807. The van der Waals surface area contributed by atoms with E-state index in [2.05, 4.69) is 25.2 Å². The first kappa shape index (κ1) is 17.7. The molecule has 4 nitrogen and oxygen atoms in total. The number of sulfonamides is 1. The van der Waals surface area contributed by atoms with Crippen molar-refractivity contribution in [2.75, 3.05) is 0 Å². The van der Waals surface area contributed by atoms with Crippen LogP contribution in [-0.2, 0) is 10.0 Å². The molecule has 2 rings (SSSR count). The molecule has 1 fully saturated rings. The van der Waals surface area contributed by atoms with Crippen LogP contribution in [0.2, 0.25) is 18.1 Å². The number of nitrogens with one attached hydrogen (secondary N) is 1. The van der Waals surface area contributed by atoms with Crippen LogP contribution >= 0.6 is 0 Å². The van der Waals surface area contributed by atoms with E-state index in [0.29, 0.717) is 5.56 Å². The molecule has 1 atom stereocenters. The van der Waals surface area contributed by atoms with E-state index in [0.717, 1.165) is 12.8 Å². The Kier molecular flexibility index (Phi) is 4.61. The van der Waals surface area contributed by atoms with Crippen molar-refractivity contribution in [2.24, 2.45) is 5.92 Å². The van der Waals surface area contributed by atoms with E-state index < -0.39 is 24.4 Å². The Balaban J connectivity index is 2.38. The van der Waals surface area contributed by atoms with Crippen molar-refractivity contribution < 1.29 is 13.5 Å². The fourth-order valence-corrected chi connectivity index (χ4v) is 7.29. The molecular weight excluding hydrogens is 314 g/mol. The van der Waals surface area contributed by atoms with Crippen LogP contribution in [0, 0.1) is 5.92 Å². The van der Waals surface area contributed by atoms with Crippen molar-refractivity contribution in [3.05, 3.63) is 29.8 Å². The van der Waals surface area contributed by atoms with Gasteiger partial charge in [0.2, 0.25) is 10.0 Å². The maximum atomic E-state index is 12.9. The molecule has 2 N–H and O–H groups in total. The highest BCUT2D eigenvalue weighted by Crippen LogP contribution is 2.43. The summed E-state index contributed by atoms with van der Waals surface area (Å²) < 4.78 is 28.7. The minimum atomic E-state index is -3.63. The molecule has 1 saturated carbocycles. The summed E-state index contributed by atoms with van der Waals surface area (Å²) in [6.45, 7) is 10.2. The summed E-state index contributed by atoms with van der Waals surface area (Å²) in [5.41, 5.74) is 0.524. The maximum Gasteiger partial charge on any atom is 0.235 e. The summed E-state index contributed by atoms with van der Waals surface area (Å²) in [5, 5.41) is 10.3. The van der Waals surface area contributed by atoms with E-state index in [1.165, 1.54) is 0 Å². The lowest BCUT2D eigenvalue weighted by atomic mass is 10.1. The average Bonchev–Trinajstić information content (AvgIpc) is 3.19. The third-order valence-electron chi connectivity index (χ3n) is 4.86. The highest BCUT2D eigenvalue weighted by molar-refractivity contribution is 7.91. The van der Waals surface area contributed by atoms with Crippen molar-refractivity contribution in [3.63, 3.8) is 0 Å². The zero-order valence-electron chi connectivity index (χ0n) is 14.1. The predicted octanol–water partition coefficient (Wildman–Crippen LogP) is 3.41. The van der Waals surface area contributed by atoms with Gasteiger partial charge in [-0.05, 0) is 29.9 Å². The Morgan fingerprint density at radius 3 is 2.27 bits per heavy atom. The van der Waals surface area contributed by atoms with E-state index in [9.17, 15) is 13.5 Å².